The number of furan rings is 1. The van der Waals surface area contributed by atoms with Crippen LogP contribution in [0, 0.1) is 0 Å². The normalized spacial score (nSPS) is 13.2. The summed E-state index contributed by atoms with van der Waals surface area (Å²) in [6.45, 7) is 1.99. The first kappa shape index (κ1) is 15.4. The molecule has 2 aromatic rings. The molecule has 0 radical (unpaired) electrons. The molecule has 0 spiro atoms. The van der Waals surface area contributed by atoms with E-state index in [1.807, 2.05) is 13.0 Å². The van der Waals surface area contributed by atoms with Crippen LogP contribution in [0.1, 0.15) is 19.1 Å². The van der Waals surface area contributed by atoms with E-state index in [-0.39, 0.29) is 11.8 Å². The fourth-order valence-corrected chi connectivity index (χ4v) is 1.87. The molecule has 1 atom stereocenters. The predicted molar refractivity (Wildman–Crippen MR) is 72.8 cm³/mol. The summed E-state index contributed by atoms with van der Waals surface area (Å²) in [5.74, 6) is 1.09. The first-order valence-electron chi connectivity index (χ1n) is 6.58. The summed E-state index contributed by atoms with van der Waals surface area (Å²) in [6, 6.07) is 9.17. The Bertz CT molecular complexity index is 575. The lowest BCUT2D eigenvalue weighted by Gasteiger charge is -2.08. The van der Waals surface area contributed by atoms with E-state index in [4.69, 9.17) is 10.2 Å². The van der Waals surface area contributed by atoms with Gasteiger partial charge in [0.2, 0.25) is 0 Å². The Morgan fingerprint density at radius 3 is 2.38 bits per heavy atom. The highest BCUT2D eigenvalue weighted by Gasteiger charge is 2.30. The lowest BCUT2D eigenvalue weighted by Crippen LogP contribution is -2.20. The minimum absolute atomic E-state index is 0.0339. The van der Waals surface area contributed by atoms with E-state index < -0.39 is 6.36 Å². The third-order valence-corrected chi connectivity index (χ3v) is 3.02. The zero-order chi connectivity index (χ0) is 15.5. The Hall–Kier alpha value is -1.95. The standard InChI is InChI=1S/C15H16F3NO2/c1-2-11(19)9-13-7-8-14(20-13)10-3-5-12(6-4-10)21-15(16,17)18/h3-8,11H,2,9,19H2,1H3. The molecular weight excluding hydrogens is 283 g/mol. The van der Waals surface area contributed by atoms with Crippen molar-refractivity contribution in [3.63, 3.8) is 0 Å². The first-order chi connectivity index (χ1) is 9.87. The van der Waals surface area contributed by atoms with E-state index in [1.54, 1.807) is 6.07 Å². The molecule has 0 saturated heterocycles. The monoisotopic (exact) mass is 299 g/mol. The van der Waals surface area contributed by atoms with Crippen LogP contribution in [0.2, 0.25) is 0 Å². The molecule has 0 aliphatic rings. The fourth-order valence-electron chi connectivity index (χ4n) is 1.87. The van der Waals surface area contributed by atoms with Gasteiger partial charge in [0.05, 0.1) is 0 Å². The van der Waals surface area contributed by atoms with Crippen LogP contribution in [0.15, 0.2) is 40.8 Å². The van der Waals surface area contributed by atoms with Crippen LogP contribution in [-0.4, -0.2) is 12.4 Å². The lowest BCUT2D eigenvalue weighted by atomic mass is 10.1. The van der Waals surface area contributed by atoms with Crippen LogP contribution in [0.25, 0.3) is 11.3 Å². The van der Waals surface area contributed by atoms with Crippen molar-refractivity contribution in [2.45, 2.75) is 32.2 Å². The van der Waals surface area contributed by atoms with Gasteiger partial charge in [-0.15, -0.1) is 13.2 Å². The Morgan fingerprint density at radius 2 is 1.81 bits per heavy atom. The zero-order valence-electron chi connectivity index (χ0n) is 11.5. The second kappa shape index (κ2) is 6.22. The van der Waals surface area contributed by atoms with Crippen molar-refractivity contribution in [2.75, 3.05) is 0 Å². The van der Waals surface area contributed by atoms with Crippen molar-refractivity contribution < 1.29 is 22.3 Å². The van der Waals surface area contributed by atoms with Crippen LogP contribution in [0.5, 0.6) is 5.75 Å². The number of ether oxygens (including phenoxy) is 1. The van der Waals surface area contributed by atoms with Gasteiger partial charge in [-0.3, -0.25) is 0 Å². The largest absolute Gasteiger partial charge is 0.573 e. The average Bonchev–Trinajstić information content (AvgIpc) is 2.86. The molecule has 114 valence electrons. The zero-order valence-corrected chi connectivity index (χ0v) is 11.5. The van der Waals surface area contributed by atoms with E-state index in [0.29, 0.717) is 17.7 Å². The summed E-state index contributed by atoms with van der Waals surface area (Å²) in [7, 11) is 0. The van der Waals surface area contributed by atoms with Crippen LogP contribution in [-0.2, 0) is 6.42 Å². The highest BCUT2D eigenvalue weighted by molar-refractivity contribution is 5.58. The topological polar surface area (TPSA) is 48.4 Å². The van der Waals surface area contributed by atoms with E-state index in [0.717, 1.165) is 12.2 Å². The Kier molecular flexibility index (Phi) is 4.57. The quantitative estimate of drug-likeness (QED) is 0.903. The lowest BCUT2D eigenvalue weighted by molar-refractivity contribution is -0.274. The molecule has 1 aromatic carbocycles. The van der Waals surface area contributed by atoms with Gasteiger partial charge < -0.3 is 14.9 Å². The first-order valence-corrected chi connectivity index (χ1v) is 6.58. The molecule has 2 N–H and O–H groups in total. The van der Waals surface area contributed by atoms with Gasteiger partial charge >= 0.3 is 6.36 Å². The maximum absolute atomic E-state index is 12.1. The second-order valence-electron chi connectivity index (χ2n) is 4.71. The van der Waals surface area contributed by atoms with Crippen molar-refractivity contribution in [1.82, 2.24) is 0 Å². The summed E-state index contributed by atoms with van der Waals surface area (Å²) < 4.78 is 45.7. The fraction of sp³-hybridized carbons (Fsp3) is 0.333. The van der Waals surface area contributed by atoms with E-state index in [2.05, 4.69) is 4.74 Å². The minimum atomic E-state index is -4.68. The molecule has 0 amide bonds. The number of hydrogen-bond donors (Lipinski definition) is 1. The van der Waals surface area contributed by atoms with Crippen LogP contribution >= 0.6 is 0 Å². The Balaban J connectivity index is 2.08. The van der Waals surface area contributed by atoms with E-state index in [1.165, 1.54) is 24.3 Å². The summed E-state index contributed by atoms with van der Waals surface area (Å²) in [5.41, 5.74) is 6.53. The van der Waals surface area contributed by atoms with Crippen molar-refractivity contribution in [1.29, 1.82) is 0 Å². The number of hydrogen-bond acceptors (Lipinski definition) is 3. The van der Waals surface area contributed by atoms with Gasteiger partial charge in [0.1, 0.15) is 17.3 Å². The summed E-state index contributed by atoms with van der Waals surface area (Å²) in [5, 5.41) is 0. The Labute approximate surface area is 120 Å². The SMILES string of the molecule is CCC(N)Cc1ccc(-c2ccc(OC(F)(F)F)cc2)o1. The molecule has 0 saturated carbocycles. The van der Waals surface area contributed by atoms with Crippen molar-refractivity contribution >= 4 is 0 Å². The van der Waals surface area contributed by atoms with Gasteiger partial charge in [-0.25, -0.2) is 0 Å². The number of rotatable bonds is 5. The Morgan fingerprint density at radius 1 is 1.14 bits per heavy atom. The van der Waals surface area contributed by atoms with E-state index in [9.17, 15) is 13.2 Å². The molecule has 1 unspecified atom stereocenters. The smallest absolute Gasteiger partial charge is 0.461 e. The summed E-state index contributed by atoms with van der Waals surface area (Å²) >= 11 is 0. The highest BCUT2D eigenvalue weighted by atomic mass is 19.4. The van der Waals surface area contributed by atoms with Gasteiger partial charge in [0.15, 0.2) is 0 Å². The van der Waals surface area contributed by atoms with Crippen LogP contribution < -0.4 is 10.5 Å². The molecule has 0 aliphatic carbocycles. The number of benzene rings is 1. The molecule has 0 fully saturated rings. The molecule has 2 rings (SSSR count). The number of halogens is 3. The van der Waals surface area contributed by atoms with Crippen molar-refractivity contribution in [3.8, 4) is 17.1 Å². The van der Waals surface area contributed by atoms with Crippen LogP contribution in [0.3, 0.4) is 0 Å². The summed E-state index contributed by atoms with van der Waals surface area (Å²) in [6.07, 6.45) is -3.21. The molecule has 0 bridgehead atoms. The third kappa shape index (κ3) is 4.53. The molecule has 0 aliphatic heterocycles. The van der Waals surface area contributed by atoms with Crippen molar-refractivity contribution in [2.24, 2.45) is 5.73 Å². The molecule has 1 aromatic heterocycles. The van der Waals surface area contributed by atoms with Crippen molar-refractivity contribution in [3.05, 3.63) is 42.2 Å². The highest BCUT2D eigenvalue weighted by Crippen LogP contribution is 2.27. The molecule has 21 heavy (non-hydrogen) atoms. The number of alkyl halides is 3. The maximum atomic E-state index is 12.1. The maximum Gasteiger partial charge on any atom is 0.573 e. The van der Waals surface area contributed by atoms with Crippen LogP contribution in [0.4, 0.5) is 13.2 Å². The predicted octanol–water partition coefficient (Wildman–Crippen LogP) is 4.13. The third-order valence-electron chi connectivity index (χ3n) is 3.02. The average molecular weight is 299 g/mol. The second-order valence-corrected chi connectivity index (χ2v) is 4.71. The van der Waals surface area contributed by atoms with Gasteiger partial charge in [-0.1, -0.05) is 6.92 Å². The van der Waals surface area contributed by atoms with Gasteiger partial charge in [0, 0.05) is 18.0 Å². The van der Waals surface area contributed by atoms with Gasteiger partial charge in [-0.05, 0) is 42.8 Å². The summed E-state index contributed by atoms with van der Waals surface area (Å²) in [4.78, 5) is 0. The number of nitrogens with two attached hydrogens (primary N) is 1. The molecule has 3 nitrogen and oxygen atoms in total. The molecular formula is C15H16F3NO2. The minimum Gasteiger partial charge on any atom is -0.461 e. The molecule has 6 heteroatoms. The molecule has 1 heterocycles. The van der Waals surface area contributed by atoms with Gasteiger partial charge in [-0.2, -0.15) is 0 Å². The van der Waals surface area contributed by atoms with Gasteiger partial charge in [0.25, 0.3) is 0 Å². The van der Waals surface area contributed by atoms with E-state index >= 15 is 0 Å².